The van der Waals surface area contributed by atoms with E-state index in [2.05, 4.69) is 44.1 Å². The highest BCUT2D eigenvalue weighted by atomic mass is 32.2. The fraction of sp³-hybridized carbons (Fsp3) is 0.444. The molecule has 0 fully saturated rings. The monoisotopic (exact) mass is 372 g/mol. The van der Waals surface area contributed by atoms with Gasteiger partial charge in [-0.3, -0.25) is 9.89 Å². The van der Waals surface area contributed by atoms with Crippen LogP contribution in [0.2, 0.25) is 0 Å². The highest BCUT2D eigenvalue weighted by molar-refractivity contribution is 7.98. The maximum absolute atomic E-state index is 12.4. The number of thioether (sulfide) groups is 1. The summed E-state index contributed by atoms with van der Waals surface area (Å²) in [5, 5.41) is 20.3. The van der Waals surface area contributed by atoms with Gasteiger partial charge in [0, 0.05) is 24.9 Å². The lowest BCUT2D eigenvalue weighted by Crippen LogP contribution is -2.25. The first-order chi connectivity index (χ1) is 12.6. The Hall–Kier alpha value is -2.35. The van der Waals surface area contributed by atoms with Crippen LogP contribution in [-0.2, 0) is 13.0 Å². The van der Waals surface area contributed by atoms with Crippen LogP contribution in [0.5, 0.6) is 0 Å². The van der Waals surface area contributed by atoms with Gasteiger partial charge in [0.05, 0.1) is 17.3 Å². The third-order valence-corrected chi connectivity index (χ3v) is 4.77. The molecule has 0 radical (unpaired) electrons. The molecule has 2 heterocycles. The Morgan fingerprint density at radius 3 is 2.96 bits per heavy atom. The van der Waals surface area contributed by atoms with Crippen molar-refractivity contribution in [2.24, 2.45) is 5.92 Å². The number of para-hydroxylation sites is 1. The van der Waals surface area contributed by atoms with E-state index < -0.39 is 0 Å². The van der Waals surface area contributed by atoms with Crippen LogP contribution in [-0.4, -0.2) is 43.7 Å². The van der Waals surface area contributed by atoms with E-state index in [1.54, 1.807) is 24.0 Å². The molecular weight excluding hydrogens is 348 g/mol. The molecule has 3 aromatic rings. The topological polar surface area (TPSA) is 88.5 Å². The largest absolute Gasteiger partial charge is 0.352 e. The van der Waals surface area contributed by atoms with E-state index in [0.29, 0.717) is 18.0 Å². The number of H-pyrrole nitrogens is 1. The normalized spacial score (nSPS) is 11.4. The quantitative estimate of drug-likeness (QED) is 0.469. The predicted octanol–water partition coefficient (Wildman–Crippen LogP) is 2.89. The molecule has 2 aromatic heterocycles. The number of rotatable bonds is 8. The summed E-state index contributed by atoms with van der Waals surface area (Å²) in [5.41, 5.74) is 1.39. The summed E-state index contributed by atoms with van der Waals surface area (Å²) in [6, 6.07) is 5.60. The van der Waals surface area contributed by atoms with E-state index in [9.17, 15) is 4.79 Å². The van der Waals surface area contributed by atoms with Crippen LogP contribution in [0.3, 0.4) is 0 Å². The molecule has 26 heavy (non-hydrogen) atoms. The van der Waals surface area contributed by atoms with Crippen molar-refractivity contribution in [3.8, 4) is 0 Å². The van der Waals surface area contributed by atoms with Crippen LogP contribution >= 0.6 is 11.8 Å². The predicted molar refractivity (Wildman–Crippen MR) is 103 cm³/mol. The van der Waals surface area contributed by atoms with Crippen molar-refractivity contribution in [2.45, 2.75) is 38.4 Å². The van der Waals surface area contributed by atoms with Crippen LogP contribution in [0.4, 0.5) is 0 Å². The Morgan fingerprint density at radius 2 is 2.19 bits per heavy atom. The van der Waals surface area contributed by atoms with Gasteiger partial charge in [-0.15, -0.1) is 10.2 Å². The number of nitrogens with zero attached hydrogens (tertiary/aromatic N) is 4. The van der Waals surface area contributed by atoms with Gasteiger partial charge in [-0.05, 0) is 24.7 Å². The minimum atomic E-state index is -0.0895. The van der Waals surface area contributed by atoms with Crippen molar-refractivity contribution in [1.29, 1.82) is 0 Å². The Morgan fingerprint density at radius 1 is 1.35 bits per heavy atom. The molecule has 2 N–H and O–H groups in total. The van der Waals surface area contributed by atoms with Crippen LogP contribution < -0.4 is 5.32 Å². The minimum Gasteiger partial charge on any atom is -0.352 e. The third-order valence-electron chi connectivity index (χ3n) is 4.11. The van der Waals surface area contributed by atoms with Gasteiger partial charge in [0.25, 0.3) is 5.91 Å². The van der Waals surface area contributed by atoms with Gasteiger partial charge in [-0.25, -0.2) is 0 Å². The molecule has 0 spiro atoms. The minimum absolute atomic E-state index is 0.0895. The first-order valence-electron chi connectivity index (χ1n) is 8.76. The number of carbonyl (C=O) groups excluding carboxylic acids is 1. The summed E-state index contributed by atoms with van der Waals surface area (Å²) >= 11 is 1.61. The Bertz CT molecular complexity index is 885. The number of aryl methyl sites for hydroxylation is 1. The summed E-state index contributed by atoms with van der Waals surface area (Å²) in [4.78, 5) is 12.4. The van der Waals surface area contributed by atoms with Crippen molar-refractivity contribution in [3.63, 3.8) is 0 Å². The second-order valence-electron chi connectivity index (χ2n) is 6.61. The van der Waals surface area contributed by atoms with Gasteiger partial charge in [0.15, 0.2) is 5.16 Å². The molecule has 0 aliphatic rings. The van der Waals surface area contributed by atoms with Gasteiger partial charge in [-0.2, -0.15) is 5.10 Å². The van der Waals surface area contributed by atoms with Crippen LogP contribution in [0.15, 0.2) is 29.6 Å². The lowest BCUT2D eigenvalue weighted by Gasteiger charge is -2.12. The second-order valence-corrected chi connectivity index (χ2v) is 7.38. The van der Waals surface area contributed by atoms with Gasteiger partial charge >= 0.3 is 0 Å². The zero-order chi connectivity index (χ0) is 18.5. The Labute approximate surface area is 157 Å². The molecule has 0 unspecified atom stereocenters. The zero-order valence-electron chi connectivity index (χ0n) is 15.3. The van der Waals surface area contributed by atoms with Gasteiger partial charge in [0.2, 0.25) is 0 Å². The number of benzene rings is 1. The average Bonchev–Trinajstić information content (AvgIpc) is 3.24. The maximum atomic E-state index is 12.4. The summed E-state index contributed by atoms with van der Waals surface area (Å²) in [5.74, 6) is 1.42. The lowest BCUT2D eigenvalue weighted by atomic mass is 10.1. The molecule has 3 rings (SSSR count). The van der Waals surface area contributed by atoms with Crippen molar-refractivity contribution in [2.75, 3.05) is 12.8 Å². The molecule has 1 amide bonds. The first kappa shape index (κ1) is 18.4. The molecule has 0 saturated carbocycles. The van der Waals surface area contributed by atoms with Crippen LogP contribution in [0.25, 0.3) is 10.9 Å². The number of carbonyl (C=O) groups is 1. The van der Waals surface area contributed by atoms with E-state index in [1.807, 2.05) is 18.4 Å². The molecule has 0 aliphatic carbocycles. The van der Waals surface area contributed by atoms with Gasteiger partial charge in [-0.1, -0.05) is 37.7 Å². The van der Waals surface area contributed by atoms with E-state index in [4.69, 9.17) is 0 Å². The summed E-state index contributed by atoms with van der Waals surface area (Å²) in [7, 11) is 0. The first-order valence-corrected chi connectivity index (χ1v) is 9.99. The SMILES string of the molecule is CSc1nnc(CCCNC(=O)c2cccc3cn[nH]c23)n1CC(C)C. The zero-order valence-corrected chi connectivity index (χ0v) is 16.1. The number of aromatic nitrogens is 5. The molecule has 0 saturated heterocycles. The van der Waals surface area contributed by atoms with Gasteiger partial charge in [0.1, 0.15) is 5.82 Å². The molecule has 0 aliphatic heterocycles. The molecule has 8 heteroatoms. The molecule has 138 valence electrons. The average molecular weight is 372 g/mol. The van der Waals surface area contributed by atoms with Gasteiger partial charge < -0.3 is 9.88 Å². The second kappa shape index (κ2) is 8.35. The van der Waals surface area contributed by atoms with Crippen LogP contribution in [0.1, 0.15) is 36.5 Å². The summed E-state index contributed by atoms with van der Waals surface area (Å²) in [6.07, 6.45) is 5.34. The highest BCUT2D eigenvalue weighted by Crippen LogP contribution is 2.17. The van der Waals surface area contributed by atoms with Crippen LogP contribution in [0, 0.1) is 5.92 Å². The van der Waals surface area contributed by atoms with Crippen molar-refractivity contribution in [3.05, 3.63) is 35.8 Å². The number of hydrogen-bond acceptors (Lipinski definition) is 5. The molecule has 7 nitrogen and oxygen atoms in total. The van der Waals surface area contributed by atoms with E-state index in [0.717, 1.165) is 41.3 Å². The highest BCUT2D eigenvalue weighted by Gasteiger charge is 2.13. The Balaban J connectivity index is 1.57. The number of aromatic amines is 1. The number of amides is 1. The molecular formula is C18H24N6OS. The lowest BCUT2D eigenvalue weighted by molar-refractivity contribution is 0.0954. The summed E-state index contributed by atoms with van der Waals surface area (Å²) in [6.45, 7) is 5.87. The third kappa shape index (κ3) is 4.07. The molecule has 1 aromatic carbocycles. The molecule has 0 atom stereocenters. The van der Waals surface area contributed by atoms with E-state index >= 15 is 0 Å². The number of fused-ring (bicyclic) bond motifs is 1. The summed E-state index contributed by atoms with van der Waals surface area (Å²) < 4.78 is 2.18. The number of hydrogen-bond donors (Lipinski definition) is 2. The van der Waals surface area contributed by atoms with E-state index in [1.165, 1.54) is 0 Å². The molecule has 0 bridgehead atoms. The fourth-order valence-electron chi connectivity index (χ4n) is 2.91. The van der Waals surface area contributed by atoms with Crippen molar-refractivity contribution < 1.29 is 4.79 Å². The fourth-order valence-corrected chi connectivity index (χ4v) is 3.43. The maximum Gasteiger partial charge on any atom is 0.253 e. The van der Waals surface area contributed by atoms with E-state index in [-0.39, 0.29) is 5.91 Å². The standard InChI is InChI=1S/C18H24N6OS/c1-12(2)11-24-15(21-23-18(24)26-3)8-5-9-19-17(25)14-7-4-6-13-10-20-22-16(13)14/h4,6-7,10,12H,5,8-9,11H2,1-3H3,(H,19,25)(H,20,22). The number of nitrogens with one attached hydrogen (secondary N) is 2. The Kier molecular flexibility index (Phi) is 5.92. The van der Waals surface area contributed by atoms with Crippen molar-refractivity contribution in [1.82, 2.24) is 30.3 Å². The van der Waals surface area contributed by atoms with Crippen molar-refractivity contribution >= 4 is 28.6 Å². The smallest absolute Gasteiger partial charge is 0.253 e.